The monoisotopic (exact) mass is 193 g/mol. The van der Waals surface area contributed by atoms with Crippen molar-refractivity contribution >= 4 is 22.9 Å². The molecular weight excluding hydrogens is 182 g/mol. The molecule has 13 heavy (non-hydrogen) atoms. The summed E-state index contributed by atoms with van der Waals surface area (Å²) in [5.74, 6) is -0.0681. The lowest BCUT2D eigenvalue weighted by Gasteiger charge is -2.03. The molecule has 0 radical (unpaired) electrons. The summed E-state index contributed by atoms with van der Waals surface area (Å²) in [6, 6.07) is 3.90. The Bertz CT molecular complexity index is 325. The van der Waals surface area contributed by atoms with Gasteiger partial charge in [-0.05, 0) is 17.5 Å². The summed E-state index contributed by atoms with van der Waals surface area (Å²) < 4.78 is 0. The Hall–Kier alpha value is -1.35. The van der Waals surface area contributed by atoms with Gasteiger partial charge < -0.3 is 5.32 Å². The Morgan fingerprint density at radius 2 is 2.46 bits per heavy atom. The van der Waals surface area contributed by atoms with E-state index in [1.807, 2.05) is 17.5 Å². The minimum Gasteiger partial charge on any atom is -0.325 e. The van der Waals surface area contributed by atoms with Crippen LogP contribution in [0.5, 0.6) is 0 Å². The number of hydrogen-bond acceptors (Lipinski definition) is 2. The van der Waals surface area contributed by atoms with Gasteiger partial charge in [-0.25, -0.2) is 0 Å². The first kappa shape index (κ1) is 9.74. The number of carbonyl (C=O) groups is 1. The molecule has 1 N–H and O–H groups in total. The third-order valence-electron chi connectivity index (χ3n) is 1.38. The molecule has 0 saturated carbocycles. The van der Waals surface area contributed by atoms with Crippen molar-refractivity contribution in [3.63, 3.8) is 0 Å². The van der Waals surface area contributed by atoms with Crippen LogP contribution >= 0.6 is 11.3 Å². The number of thiophene rings is 1. The molecule has 1 aromatic rings. The molecule has 0 aromatic carbocycles. The van der Waals surface area contributed by atoms with Crippen molar-refractivity contribution < 1.29 is 4.79 Å². The Morgan fingerprint density at radius 3 is 2.92 bits per heavy atom. The highest BCUT2D eigenvalue weighted by Crippen LogP contribution is 2.17. The molecule has 1 amide bonds. The van der Waals surface area contributed by atoms with Crippen LogP contribution in [-0.2, 0) is 4.79 Å². The molecule has 1 aromatic heterocycles. The van der Waals surface area contributed by atoms with Gasteiger partial charge in [0.1, 0.15) is 0 Å². The third kappa shape index (κ3) is 2.87. The molecule has 68 valence electrons. The second kappa shape index (κ2) is 4.62. The standard InChI is InChI=1S/C10H11NOS/c1-3-5-9(11-8(2)12)10-6-4-7-13-10/h3-7H,1H2,2H3,(H,11,12). The van der Waals surface area contributed by atoms with Gasteiger partial charge in [-0.3, -0.25) is 4.79 Å². The van der Waals surface area contributed by atoms with Crippen LogP contribution in [0.4, 0.5) is 0 Å². The van der Waals surface area contributed by atoms with Crippen LogP contribution in [0.2, 0.25) is 0 Å². The number of allylic oxidation sites excluding steroid dienone is 2. The topological polar surface area (TPSA) is 29.1 Å². The highest BCUT2D eigenvalue weighted by atomic mass is 32.1. The summed E-state index contributed by atoms with van der Waals surface area (Å²) in [6.07, 6.45) is 3.44. The van der Waals surface area contributed by atoms with E-state index in [1.54, 1.807) is 23.5 Å². The summed E-state index contributed by atoms with van der Waals surface area (Å²) in [6.45, 7) is 5.09. The van der Waals surface area contributed by atoms with Crippen molar-refractivity contribution in [2.24, 2.45) is 0 Å². The van der Waals surface area contributed by atoms with E-state index in [0.29, 0.717) is 0 Å². The van der Waals surface area contributed by atoms with E-state index >= 15 is 0 Å². The van der Waals surface area contributed by atoms with Gasteiger partial charge in [-0.2, -0.15) is 0 Å². The van der Waals surface area contributed by atoms with E-state index in [0.717, 1.165) is 10.6 Å². The maximum absolute atomic E-state index is 10.8. The van der Waals surface area contributed by atoms with E-state index < -0.39 is 0 Å². The predicted octanol–water partition coefficient (Wildman–Crippen LogP) is 2.41. The van der Waals surface area contributed by atoms with Gasteiger partial charge in [0.25, 0.3) is 0 Å². The Morgan fingerprint density at radius 1 is 1.69 bits per heavy atom. The van der Waals surface area contributed by atoms with E-state index in [9.17, 15) is 4.79 Å². The molecule has 0 atom stereocenters. The number of rotatable bonds is 3. The lowest BCUT2D eigenvalue weighted by molar-refractivity contribution is -0.117. The minimum atomic E-state index is -0.0681. The van der Waals surface area contributed by atoms with Gasteiger partial charge in [-0.1, -0.05) is 18.7 Å². The van der Waals surface area contributed by atoms with Gasteiger partial charge in [0.2, 0.25) is 5.91 Å². The Labute approximate surface area is 81.6 Å². The number of amides is 1. The van der Waals surface area contributed by atoms with Crippen molar-refractivity contribution in [2.75, 3.05) is 0 Å². The molecule has 2 nitrogen and oxygen atoms in total. The van der Waals surface area contributed by atoms with Gasteiger partial charge in [-0.15, -0.1) is 11.3 Å². The first-order valence-corrected chi connectivity index (χ1v) is 4.76. The average molecular weight is 193 g/mol. The highest BCUT2D eigenvalue weighted by molar-refractivity contribution is 7.11. The number of hydrogen-bond donors (Lipinski definition) is 1. The highest BCUT2D eigenvalue weighted by Gasteiger charge is 2.02. The summed E-state index contributed by atoms with van der Waals surface area (Å²) in [5, 5.41) is 4.71. The van der Waals surface area contributed by atoms with Crippen LogP contribution in [0.1, 0.15) is 11.8 Å². The minimum absolute atomic E-state index is 0.0681. The fourth-order valence-corrected chi connectivity index (χ4v) is 1.63. The van der Waals surface area contributed by atoms with Crippen LogP contribution < -0.4 is 5.32 Å². The quantitative estimate of drug-likeness (QED) is 0.734. The molecular formula is C10H11NOS. The molecule has 1 heterocycles. The fraction of sp³-hybridized carbons (Fsp3) is 0.100. The molecule has 0 saturated heterocycles. The van der Waals surface area contributed by atoms with E-state index in [1.165, 1.54) is 6.92 Å². The van der Waals surface area contributed by atoms with E-state index in [4.69, 9.17) is 0 Å². The van der Waals surface area contributed by atoms with Crippen LogP contribution in [-0.4, -0.2) is 5.91 Å². The second-order valence-corrected chi connectivity index (χ2v) is 3.42. The predicted molar refractivity (Wildman–Crippen MR) is 56.3 cm³/mol. The Kier molecular flexibility index (Phi) is 3.46. The molecule has 0 spiro atoms. The van der Waals surface area contributed by atoms with Crippen LogP contribution in [0.15, 0.2) is 36.2 Å². The number of nitrogens with one attached hydrogen (secondary N) is 1. The zero-order valence-electron chi connectivity index (χ0n) is 7.41. The van der Waals surface area contributed by atoms with Crippen LogP contribution in [0.3, 0.4) is 0 Å². The van der Waals surface area contributed by atoms with E-state index in [-0.39, 0.29) is 5.91 Å². The molecule has 0 unspecified atom stereocenters. The maximum atomic E-state index is 10.8. The van der Waals surface area contributed by atoms with Crippen LogP contribution in [0, 0.1) is 0 Å². The fourth-order valence-electron chi connectivity index (χ4n) is 0.925. The normalized spacial score (nSPS) is 11.0. The Balaban J connectivity index is 2.87. The summed E-state index contributed by atoms with van der Waals surface area (Å²) >= 11 is 1.58. The first-order chi connectivity index (χ1) is 6.24. The van der Waals surface area contributed by atoms with Crippen molar-refractivity contribution in [1.82, 2.24) is 5.32 Å². The zero-order chi connectivity index (χ0) is 9.68. The maximum Gasteiger partial charge on any atom is 0.221 e. The third-order valence-corrected chi connectivity index (χ3v) is 2.28. The van der Waals surface area contributed by atoms with Gasteiger partial charge >= 0.3 is 0 Å². The van der Waals surface area contributed by atoms with Gasteiger partial charge in [0.15, 0.2) is 0 Å². The largest absolute Gasteiger partial charge is 0.325 e. The second-order valence-electron chi connectivity index (χ2n) is 2.47. The number of carbonyl (C=O) groups excluding carboxylic acids is 1. The molecule has 0 aliphatic rings. The average Bonchev–Trinajstić information content (AvgIpc) is 2.54. The molecule has 0 fully saturated rings. The lowest BCUT2D eigenvalue weighted by Crippen LogP contribution is -2.17. The van der Waals surface area contributed by atoms with Crippen LogP contribution in [0.25, 0.3) is 5.70 Å². The van der Waals surface area contributed by atoms with E-state index in [2.05, 4.69) is 11.9 Å². The van der Waals surface area contributed by atoms with Gasteiger partial charge in [0.05, 0.1) is 10.6 Å². The van der Waals surface area contributed by atoms with Crippen molar-refractivity contribution in [3.8, 4) is 0 Å². The summed E-state index contributed by atoms with van der Waals surface area (Å²) in [4.78, 5) is 11.9. The zero-order valence-corrected chi connectivity index (χ0v) is 8.23. The molecule has 1 rings (SSSR count). The SMILES string of the molecule is C=CC=C(NC(C)=O)c1cccs1. The smallest absolute Gasteiger partial charge is 0.221 e. The summed E-state index contributed by atoms with van der Waals surface area (Å²) in [7, 11) is 0. The van der Waals surface area contributed by atoms with Crippen molar-refractivity contribution in [2.45, 2.75) is 6.92 Å². The lowest BCUT2D eigenvalue weighted by atomic mass is 10.3. The molecule has 0 bridgehead atoms. The van der Waals surface area contributed by atoms with Gasteiger partial charge in [0, 0.05) is 6.92 Å². The molecule has 0 aliphatic carbocycles. The molecule has 3 heteroatoms. The van der Waals surface area contributed by atoms with Crippen molar-refractivity contribution in [3.05, 3.63) is 41.1 Å². The summed E-state index contributed by atoms with van der Waals surface area (Å²) in [5.41, 5.74) is 0.803. The first-order valence-electron chi connectivity index (χ1n) is 3.88. The molecule has 0 aliphatic heterocycles. The van der Waals surface area contributed by atoms with Crippen molar-refractivity contribution in [1.29, 1.82) is 0 Å².